The van der Waals surface area contributed by atoms with Gasteiger partial charge in [-0.2, -0.15) is 0 Å². The van der Waals surface area contributed by atoms with Crippen molar-refractivity contribution in [2.24, 2.45) is 11.8 Å². The Hall–Kier alpha value is -0.570. The summed E-state index contributed by atoms with van der Waals surface area (Å²) in [6.07, 6.45) is 7.68. The third-order valence-corrected chi connectivity index (χ3v) is 5.58. The van der Waals surface area contributed by atoms with E-state index in [1.165, 1.54) is 32.1 Å². The van der Waals surface area contributed by atoms with E-state index in [2.05, 4.69) is 44.8 Å². The summed E-state index contributed by atoms with van der Waals surface area (Å²) in [7, 11) is 0. The number of carbonyl (C=O) groups is 1. The van der Waals surface area contributed by atoms with Crippen LogP contribution in [0.1, 0.15) is 73.1 Å². The van der Waals surface area contributed by atoms with E-state index in [1.54, 1.807) is 0 Å². The van der Waals surface area contributed by atoms with E-state index in [9.17, 15) is 4.79 Å². The Balaban J connectivity index is 2.19. The van der Waals surface area contributed by atoms with Crippen LogP contribution in [0.15, 0.2) is 0 Å². The number of carbonyl (C=O) groups excluding carboxylic acids is 1. The molecule has 1 heterocycles. The Labute approximate surface area is 124 Å². The highest BCUT2D eigenvalue weighted by molar-refractivity contribution is 5.88. The van der Waals surface area contributed by atoms with E-state index >= 15 is 0 Å². The minimum atomic E-state index is -0.363. The highest BCUT2D eigenvalue weighted by atomic mass is 16.2. The van der Waals surface area contributed by atoms with Crippen LogP contribution in [0, 0.1) is 11.8 Å². The van der Waals surface area contributed by atoms with Gasteiger partial charge in [0.25, 0.3) is 0 Å². The summed E-state index contributed by atoms with van der Waals surface area (Å²) in [6, 6.07) is 0.371. The summed E-state index contributed by atoms with van der Waals surface area (Å²) in [5, 5.41) is 3.61. The van der Waals surface area contributed by atoms with Gasteiger partial charge in [0, 0.05) is 6.04 Å². The molecule has 1 amide bonds. The zero-order valence-electron chi connectivity index (χ0n) is 13.9. The average Bonchev–Trinajstić information content (AvgIpc) is 2.72. The van der Waals surface area contributed by atoms with Gasteiger partial charge in [-0.25, -0.2) is 0 Å². The van der Waals surface area contributed by atoms with Gasteiger partial charge < -0.3 is 4.90 Å². The van der Waals surface area contributed by atoms with Crippen molar-refractivity contribution in [1.82, 2.24) is 10.2 Å². The zero-order chi connectivity index (χ0) is 14.9. The predicted molar refractivity (Wildman–Crippen MR) is 83.3 cm³/mol. The molecule has 1 saturated carbocycles. The SMILES string of the molecule is CCC1(C)NC(C(C)C)N(C(C)C2CCCCC2)C1=O. The van der Waals surface area contributed by atoms with E-state index in [4.69, 9.17) is 0 Å². The first-order valence-corrected chi connectivity index (χ1v) is 8.51. The van der Waals surface area contributed by atoms with Gasteiger partial charge in [0.05, 0.1) is 11.7 Å². The number of amides is 1. The summed E-state index contributed by atoms with van der Waals surface area (Å²) in [5.74, 6) is 1.46. The summed E-state index contributed by atoms with van der Waals surface area (Å²) in [5.41, 5.74) is -0.363. The normalized spacial score (nSPS) is 34.0. The van der Waals surface area contributed by atoms with Gasteiger partial charge in [-0.15, -0.1) is 0 Å². The van der Waals surface area contributed by atoms with Gasteiger partial charge in [-0.05, 0) is 44.9 Å². The molecule has 116 valence electrons. The van der Waals surface area contributed by atoms with E-state index < -0.39 is 0 Å². The lowest BCUT2D eigenvalue weighted by Gasteiger charge is -2.38. The Kier molecular flexibility index (Phi) is 4.78. The summed E-state index contributed by atoms with van der Waals surface area (Å²) < 4.78 is 0. The molecule has 20 heavy (non-hydrogen) atoms. The number of nitrogens with zero attached hydrogens (tertiary/aromatic N) is 1. The lowest BCUT2D eigenvalue weighted by molar-refractivity contribution is -0.136. The molecule has 0 aromatic rings. The minimum absolute atomic E-state index is 0.198. The van der Waals surface area contributed by atoms with Crippen LogP contribution in [0.2, 0.25) is 0 Å². The molecular formula is C17H32N2O. The van der Waals surface area contributed by atoms with Gasteiger partial charge in [-0.1, -0.05) is 40.0 Å². The van der Waals surface area contributed by atoms with E-state index in [1.807, 2.05) is 0 Å². The Morgan fingerprint density at radius 3 is 2.35 bits per heavy atom. The van der Waals surface area contributed by atoms with Crippen LogP contribution in [0.25, 0.3) is 0 Å². The van der Waals surface area contributed by atoms with Gasteiger partial charge >= 0.3 is 0 Å². The lowest BCUT2D eigenvalue weighted by atomic mass is 9.83. The number of hydrogen-bond donors (Lipinski definition) is 1. The second kappa shape index (κ2) is 6.05. The topological polar surface area (TPSA) is 32.3 Å². The fourth-order valence-corrected chi connectivity index (χ4v) is 3.89. The van der Waals surface area contributed by atoms with E-state index in [0.29, 0.717) is 23.8 Å². The molecule has 1 aliphatic heterocycles. The summed E-state index contributed by atoms with van der Waals surface area (Å²) in [4.78, 5) is 15.1. The maximum Gasteiger partial charge on any atom is 0.244 e. The molecule has 0 spiro atoms. The molecular weight excluding hydrogens is 248 g/mol. The monoisotopic (exact) mass is 280 g/mol. The van der Waals surface area contributed by atoms with Gasteiger partial charge in [0.15, 0.2) is 0 Å². The molecule has 1 N–H and O–H groups in total. The van der Waals surface area contributed by atoms with Crippen molar-refractivity contribution in [3.8, 4) is 0 Å². The third kappa shape index (κ3) is 2.74. The molecule has 3 heteroatoms. The first kappa shape index (κ1) is 15.8. The molecule has 2 fully saturated rings. The van der Waals surface area contributed by atoms with Crippen molar-refractivity contribution < 1.29 is 4.79 Å². The predicted octanol–water partition coefficient (Wildman–Crippen LogP) is 3.54. The lowest BCUT2D eigenvalue weighted by Crippen LogP contribution is -2.49. The number of hydrogen-bond acceptors (Lipinski definition) is 2. The molecule has 0 radical (unpaired) electrons. The molecule has 3 unspecified atom stereocenters. The first-order chi connectivity index (χ1) is 9.40. The van der Waals surface area contributed by atoms with Crippen molar-refractivity contribution in [2.75, 3.05) is 0 Å². The van der Waals surface area contributed by atoms with Crippen LogP contribution < -0.4 is 5.32 Å². The molecule has 3 nitrogen and oxygen atoms in total. The maximum atomic E-state index is 12.9. The Morgan fingerprint density at radius 1 is 1.25 bits per heavy atom. The average molecular weight is 280 g/mol. The third-order valence-electron chi connectivity index (χ3n) is 5.58. The quantitative estimate of drug-likeness (QED) is 0.854. The number of nitrogens with one attached hydrogen (secondary N) is 1. The molecule has 0 aromatic heterocycles. The van der Waals surface area contributed by atoms with E-state index in [0.717, 1.165) is 6.42 Å². The van der Waals surface area contributed by atoms with Gasteiger partial charge in [0.1, 0.15) is 0 Å². The second-order valence-corrected chi connectivity index (χ2v) is 7.37. The standard InChI is InChI=1S/C17H32N2O/c1-6-17(5)16(20)19(15(18-17)12(2)3)13(4)14-10-8-7-9-11-14/h12-15,18H,6-11H2,1-5H3. The van der Waals surface area contributed by atoms with Crippen molar-refractivity contribution in [1.29, 1.82) is 0 Å². The Bertz CT molecular complexity index is 349. The Morgan fingerprint density at radius 2 is 1.85 bits per heavy atom. The maximum absolute atomic E-state index is 12.9. The van der Waals surface area contributed by atoms with Gasteiger partial charge in [0.2, 0.25) is 5.91 Å². The molecule has 2 aliphatic rings. The van der Waals surface area contributed by atoms with Gasteiger partial charge in [-0.3, -0.25) is 10.1 Å². The molecule has 3 atom stereocenters. The zero-order valence-corrected chi connectivity index (χ0v) is 13.9. The summed E-state index contributed by atoms with van der Waals surface area (Å²) in [6.45, 7) is 10.9. The van der Waals surface area contributed by atoms with Crippen LogP contribution >= 0.6 is 0 Å². The molecule has 0 bridgehead atoms. The highest BCUT2D eigenvalue weighted by Crippen LogP contribution is 2.35. The van der Waals surface area contributed by atoms with Crippen LogP contribution in [0.3, 0.4) is 0 Å². The molecule has 2 rings (SSSR count). The van der Waals surface area contributed by atoms with Crippen LogP contribution in [0.4, 0.5) is 0 Å². The summed E-state index contributed by atoms with van der Waals surface area (Å²) >= 11 is 0. The van der Waals surface area contributed by atoms with E-state index in [-0.39, 0.29) is 11.7 Å². The molecule has 0 aromatic carbocycles. The van der Waals surface area contributed by atoms with Crippen molar-refractivity contribution in [3.05, 3.63) is 0 Å². The fraction of sp³-hybridized carbons (Fsp3) is 0.941. The van der Waals surface area contributed by atoms with Crippen LogP contribution in [-0.4, -0.2) is 28.6 Å². The number of rotatable bonds is 4. The molecule has 1 aliphatic carbocycles. The van der Waals surface area contributed by atoms with Crippen LogP contribution in [0.5, 0.6) is 0 Å². The fourth-order valence-electron chi connectivity index (χ4n) is 3.89. The van der Waals surface area contributed by atoms with Crippen molar-refractivity contribution in [2.45, 2.75) is 90.9 Å². The highest BCUT2D eigenvalue weighted by Gasteiger charge is 2.50. The van der Waals surface area contributed by atoms with Crippen molar-refractivity contribution >= 4 is 5.91 Å². The second-order valence-electron chi connectivity index (χ2n) is 7.37. The smallest absolute Gasteiger partial charge is 0.244 e. The van der Waals surface area contributed by atoms with Crippen LogP contribution in [-0.2, 0) is 4.79 Å². The molecule has 1 saturated heterocycles. The largest absolute Gasteiger partial charge is 0.322 e. The first-order valence-electron chi connectivity index (χ1n) is 8.51. The van der Waals surface area contributed by atoms with Crippen molar-refractivity contribution in [3.63, 3.8) is 0 Å². The minimum Gasteiger partial charge on any atom is -0.322 e.